The highest BCUT2D eigenvalue weighted by molar-refractivity contribution is 5.90. The predicted octanol–water partition coefficient (Wildman–Crippen LogP) is 1.17. The maximum absolute atomic E-state index is 12.2. The number of carbonyl (C=O) groups is 3. The van der Waals surface area contributed by atoms with Crippen LogP contribution in [0.5, 0.6) is 5.75 Å². The lowest BCUT2D eigenvalue weighted by atomic mass is 10.3. The lowest BCUT2D eigenvalue weighted by molar-refractivity contribution is -0.132. The monoisotopic (exact) mass is 400 g/mol. The third-order valence-electron chi connectivity index (χ3n) is 4.42. The molecule has 29 heavy (non-hydrogen) atoms. The molecule has 9 nitrogen and oxygen atoms in total. The van der Waals surface area contributed by atoms with Gasteiger partial charge in [0.05, 0.1) is 25.0 Å². The second-order valence-corrected chi connectivity index (χ2v) is 6.50. The van der Waals surface area contributed by atoms with Crippen molar-refractivity contribution in [3.63, 3.8) is 0 Å². The summed E-state index contributed by atoms with van der Waals surface area (Å²) < 4.78 is 12.0. The molecule has 2 aromatic rings. The van der Waals surface area contributed by atoms with E-state index in [1.165, 1.54) is 10.9 Å². The second-order valence-electron chi connectivity index (χ2n) is 6.50. The van der Waals surface area contributed by atoms with Crippen molar-refractivity contribution in [2.24, 2.45) is 0 Å². The highest BCUT2D eigenvalue weighted by Gasteiger charge is 2.22. The van der Waals surface area contributed by atoms with E-state index in [-0.39, 0.29) is 37.1 Å². The summed E-state index contributed by atoms with van der Waals surface area (Å²) in [7, 11) is 0. The Labute approximate surface area is 168 Å². The number of rotatable bonds is 8. The normalized spacial score (nSPS) is 13.2. The van der Waals surface area contributed by atoms with Crippen molar-refractivity contribution in [2.45, 2.75) is 19.8 Å². The fourth-order valence-electron chi connectivity index (χ4n) is 2.96. The molecule has 1 fully saturated rings. The van der Waals surface area contributed by atoms with Gasteiger partial charge in [0.1, 0.15) is 0 Å². The van der Waals surface area contributed by atoms with Gasteiger partial charge >= 0.3 is 5.97 Å². The van der Waals surface area contributed by atoms with Crippen LogP contribution in [0.2, 0.25) is 0 Å². The zero-order valence-corrected chi connectivity index (χ0v) is 16.3. The number of nitrogens with zero attached hydrogens (tertiary/aromatic N) is 3. The molecule has 0 saturated carbocycles. The molecule has 154 valence electrons. The fraction of sp³-hybridized carbons (Fsp3) is 0.400. The lowest BCUT2D eigenvalue weighted by Gasteiger charge is -2.15. The Kier molecular flexibility index (Phi) is 6.83. The molecule has 1 saturated heterocycles. The number of esters is 1. The van der Waals surface area contributed by atoms with Gasteiger partial charge < -0.3 is 19.7 Å². The number of hydrogen-bond acceptors (Lipinski definition) is 6. The van der Waals surface area contributed by atoms with Gasteiger partial charge in [0.2, 0.25) is 11.6 Å². The molecule has 1 N–H and O–H groups in total. The molecule has 2 heterocycles. The van der Waals surface area contributed by atoms with E-state index in [0.29, 0.717) is 0 Å². The summed E-state index contributed by atoms with van der Waals surface area (Å²) in [6.07, 6.45) is 3.50. The van der Waals surface area contributed by atoms with E-state index >= 15 is 0 Å². The third-order valence-corrected chi connectivity index (χ3v) is 4.42. The Morgan fingerprint density at radius 1 is 1.14 bits per heavy atom. The van der Waals surface area contributed by atoms with Crippen LogP contribution >= 0.6 is 0 Å². The third kappa shape index (κ3) is 5.34. The van der Waals surface area contributed by atoms with Crippen molar-refractivity contribution < 1.29 is 23.9 Å². The van der Waals surface area contributed by atoms with Gasteiger partial charge in [-0.1, -0.05) is 18.2 Å². The van der Waals surface area contributed by atoms with Crippen LogP contribution < -0.4 is 10.1 Å². The van der Waals surface area contributed by atoms with Crippen LogP contribution in [0.4, 0.5) is 0 Å². The molecule has 0 bridgehead atoms. The maximum atomic E-state index is 12.2. The van der Waals surface area contributed by atoms with E-state index in [4.69, 9.17) is 9.47 Å². The highest BCUT2D eigenvalue weighted by Crippen LogP contribution is 2.21. The van der Waals surface area contributed by atoms with Crippen LogP contribution in [0.25, 0.3) is 5.69 Å². The number of para-hydroxylation sites is 1. The Hall–Kier alpha value is -3.36. The summed E-state index contributed by atoms with van der Waals surface area (Å²) in [6.45, 7) is 2.92. The molecule has 1 aliphatic rings. The molecular weight excluding hydrogens is 376 g/mol. The molecule has 9 heteroatoms. The van der Waals surface area contributed by atoms with Crippen LogP contribution in [-0.2, 0) is 14.3 Å². The zero-order valence-electron chi connectivity index (χ0n) is 16.3. The minimum atomic E-state index is -0.637. The number of likely N-dealkylation sites (tertiary alicyclic amines) is 1. The van der Waals surface area contributed by atoms with E-state index in [1.807, 2.05) is 30.3 Å². The first kappa shape index (κ1) is 20.4. The van der Waals surface area contributed by atoms with E-state index in [0.717, 1.165) is 31.6 Å². The van der Waals surface area contributed by atoms with E-state index < -0.39 is 11.9 Å². The largest absolute Gasteiger partial charge is 0.480 e. The molecule has 0 spiro atoms. The van der Waals surface area contributed by atoms with Gasteiger partial charge in [0, 0.05) is 13.1 Å². The zero-order chi connectivity index (χ0) is 20.6. The first-order valence-electron chi connectivity index (χ1n) is 9.58. The molecule has 1 aliphatic heterocycles. The quantitative estimate of drug-likeness (QED) is 0.667. The molecule has 0 aliphatic carbocycles. The molecule has 1 aromatic carbocycles. The van der Waals surface area contributed by atoms with Crippen LogP contribution in [0.1, 0.15) is 30.3 Å². The average Bonchev–Trinajstić information content (AvgIpc) is 3.41. The van der Waals surface area contributed by atoms with Gasteiger partial charge in [-0.2, -0.15) is 5.10 Å². The average molecular weight is 400 g/mol. The summed E-state index contributed by atoms with van der Waals surface area (Å²) in [5.41, 5.74) is 0.713. The number of hydrogen-bond donors (Lipinski definition) is 1. The van der Waals surface area contributed by atoms with Gasteiger partial charge in [0.15, 0.2) is 12.4 Å². The summed E-state index contributed by atoms with van der Waals surface area (Å²) >= 11 is 0. The number of ether oxygens (including phenoxy) is 2. The Balaban J connectivity index is 1.62. The minimum absolute atomic E-state index is 0.0170. The fourth-order valence-corrected chi connectivity index (χ4v) is 2.96. The molecule has 0 atom stereocenters. The molecule has 2 amide bonds. The van der Waals surface area contributed by atoms with Crippen molar-refractivity contribution in [1.29, 1.82) is 0 Å². The number of aromatic nitrogens is 2. The summed E-state index contributed by atoms with van der Waals surface area (Å²) in [5, 5.41) is 6.77. The van der Waals surface area contributed by atoms with E-state index in [2.05, 4.69) is 10.4 Å². The second kappa shape index (κ2) is 9.72. The predicted molar refractivity (Wildman–Crippen MR) is 104 cm³/mol. The first-order chi connectivity index (χ1) is 14.1. The lowest BCUT2D eigenvalue weighted by Crippen LogP contribution is -2.40. The number of carbonyl (C=O) groups excluding carboxylic acids is 3. The first-order valence-corrected chi connectivity index (χ1v) is 9.58. The van der Waals surface area contributed by atoms with Gasteiger partial charge in [-0.15, -0.1) is 0 Å². The maximum Gasteiger partial charge on any atom is 0.362 e. The minimum Gasteiger partial charge on any atom is -0.480 e. The SMILES string of the molecule is CCOC(=O)c1nn(-c2ccccc2)cc1OCC(=O)NCC(=O)N1CCCC1. The van der Waals surface area contributed by atoms with Crippen molar-refractivity contribution in [1.82, 2.24) is 20.0 Å². The topological polar surface area (TPSA) is 103 Å². The summed E-state index contributed by atoms with van der Waals surface area (Å²) in [4.78, 5) is 38.0. The standard InChI is InChI=1S/C20H24N4O5/c1-2-28-20(27)19-16(13-24(22-19)15-8-4-3-5-9-15)29-14-17(25)21-12-18(26)23-10-6-7-11-23/h3-5,8-9,13H,2,6-7,10-12,14H2,1H3,(H,21,25). The number of amides is 2. The molecule has 0 unspecified atom stereocenters. The highest BCUT2D eigenvalue weighted by atomic mass is 16.5. The van der Waals surface area contributed by atoms with E-state index in [9.17, 15) is 14.4 Å². The molecule has 1 aromatic heterocycles. The molecular formula is C20H24N4O5. The Morgan fingerprint density at radius 3 is 2.55 bits per heavy atom. The van der Waals surface area contributed by atoms with Crippen molar-refractivity contribution in [2.75, 3.05) is 32.8 Å². The van der Waals surface area contributed by atoms with Gasteiger partial charge in [-0.25, -0.2) is 9.48 Å². The van der Waals surface area contributed by atoms with Crippen LogP contribution in [-0.4, -0.2) is 65.3 Å². The number of benzene rings is 1. The van der Waals surface area contributed by atoms with Crippen molar-refractivity contribution in [3.8, 4) is 11.4 Å². The Bertz CT molecular complexity index is 859. The van der Waals surface area contributed by atoms with Gasteiger partial charge in [-0.3, -0.25) is 9.59 Å². The summed E-state index contributed by atoms with van der Waals surface area (Å²) in [5.74, 6) is -1.07. The van der Waals surface area contributed by atoms with Crippen LogP contribution in [0.15, 0.2) is 36.5 Å². The van der Waals surface area contributed by atoms with Gasteiger partial charge in [0.25, 0.3) is 5.91 Å². The summed E-state index contributed by atoms with van der Waals surface area (Å²) in [6, 6.07) is 9.19. The molecule has 0 radical (unpaired) electrons. The smallest absolute Gasteiger partial charge is 0.362 e. The van der Waals surface area contributed by atoms with E-state index in [1.54, 1.807) is 11.8 Å². The van der Waals surface area contributed by atoms with Crippen molar-refractivity contribution in [3.05, 3.63) is 42.2 Å². The van der Waals surface area contributed by atoms with Crippen LogP contribution in [0.3, 0.4) is 0 Å². The number of nitrogens with one attached hydrogen (secondary N) is 1. The molecule has 3 rings (SSSR count). The Morgan fingerprint density at radius 2 is 1.86 bits per heavy atom. The van der Waals surface area contributed by atoms with Crippen molar-refractivity contribution >= 4 is 17.8 Å². The van der Waals surface area contributed by atoms with Crippen LogP contribution in [0, 0.1) is 0 Å². The van der Waals surface area contributed by atoms with Gasteiger partial charge in [-0.05, 0) is 31.9 Å².